The highest BCUT2D eigenvalue weighted by Gasteiger charge is 2.19. The second-order valence-corrected chi connectivity index (χ2v) is 6.83. The molecule has 4 heteroatoms. The van der Waals surface area contributed by atoms with Crippen molar-refractivity contribution in [2.75, 3.05) is 5.75 Å². The highest BCUT2D eigenvalue weighted by Crippen LogP contribution is 2.21. The van der Waals surface area contributed by atoms with Gasteiger partial charge in [0, 0.05) is 23.4 Å². The number of nitrogens with one attached hydrogen (secondary N) is 1. The Hall–Kier alpha value is -1.55. The van der Waals surface area contributed by atoms with Gasteiger partial charge in [-0.1, -0.05) is 49.9 Å². The van der Waals surface area contributed by atoms with Crippen molar-refractivity contribution in [3.63, 3.8) is 0 Å². The molecule has 1 N–H and O–H groups in total. The topological polar surface area (TPSA) is 37.3 Å². The number of hydrogen-bond acceptors (Lipinski definition) is 3. The highest BCUT2D eigenvalue weighted by molar-refractivity contribution is 8.13. The smallest absolute Gasteiger partial charge is 0.157 e. The lowest BCUT2D eigenvalue weighted by molar-refractivity contribution is 0.442. The van der Waals surface area contributed by atoms with E-state index in [0.717, 1.165) is 16.4 Å². The summed E-state index contributed by atoms with van der Waals surface area (Å²) >= 11 is 1.83. The summed E-state index contributed by atoms with van der Waals surface area (Å²) in [7, 11) is 0. The van der Waals surface area contributed by atoms with Gasteiger partial charge in [-0.05, 0) is 24.0 Å². The predicted molar refractivity (Wildman–Crippen MR) is 91.7 cm³/mol. The van der Waals surface area contributed by atoms with Crippen LogP contribution in [-0.4, -0.2) is 21.9 Å². The minimum absolute atomic E-state index is 0.552. The first-order valence-electron chi connectivity index (χ1n) is 7.50. The normalized spacial score (nSPS) is 20.9. The molecule has 1 atom stereocenters. The van der Waals surface area contributed by atoms with Gasteiger partial charge in [0.05, 0.1) is 12.1 Å². The van der Waals surface area contributed by atoms with Gasteiger partial charge < -0.3 is 5.32 Å². The molecule has 0 radical (unpaired) electrons. The molecule has 1 unspecified atom stereocenters. The van der Waals surface area contributed by atoms with Crippen LogP contribution in [0.25, 0.3) is 10.9 Å². The first-order chi connectivity index (χ1) is 10.2. The molecule has 1 aromatic heterocycles. The fraction of sp³-hybridized carbons (Fsp3) is 0.412. The average Bonchev–Trinajstić information content (AvgIpc) is 2.53. The van der Waals surface area contributed by atoms with Crippen LogP contribution in [0.1, 0.15) is 25.8 Å². The molecule has 2 heterocycles. The van der Waals surface area contributed by atoms with Gasteiger partial charge in [0.15, 0.2) is 5.17 Å². The van der Waals surface area contributed by atoms with Gasteiger partial charge in [-0.2, -0.15) is 0 Å². The number of aliphatic imine (C=N–C) groups is 1. The molecule has 3 rings (SSSR count). The number of fused-ring (bicyclic) bond motifs is 1. The maximum absolute atomic E-state index is 4.76. The molecule has 21 heavy (non-hydrogen) atoms. The van der Waals surface area contributed by atoms with Crippen LogP contribution in [0.2, 0.25) is 0 Å². The van der Waals surface area contributed by atoms with Gasteiger partial charge in [0.2, 0.25) is 0 Å². The van der Waals surface area contributed by atoms with E-state index in [1.807, 2.05) is 24.0 Å². The second kappa shape index (κ2) is 6.48. The van der Waals surface area contributed by atoms with Gasteiger partial charge in [0.25, 0.3) is 0 Å². The van der Waals surface area contributed by atoms with Crippen LogP contribution in [0.3, 0.4) is 0 Å². The molecule has 1 aliphatic heterocycles. The number of para-hydroxylation sites is 1. The summed E-state index contributed by atoms with van der Waals surface area (Å²) in [4.78, 5) is 9.26. The van der Waals surface area contributed by atoms with Crippen molar-refractivity contribution in [3.05, 3.63) is 42.1 Å². The Balaban J connectivity index is 1.78. The second-order valence-electron chi connectivity index (χ2n) is 5.75. The van der Waals surface area contributed by atoms with Gasteiger partial charge in [-0.25, -0.2) is 0 Å². The van der Waals surface area contributed by atoms with E-state index >= 15 is 0 Å². The molecule has 0 spiro atoms. The SMILES string of the molecule is CC(C)C1CCSC(=NCc2cccc3cccnc23)N1. The Kier molecular flexibility index (Phi) is 4.44. The number of amidine groups is 1. The standard InChI is InChI=1S/C17H21N3S/c1-12(2)15-8-10-21-17(20-15)19-11-14-6-3-5-13-7-4-9-18-16(13)14/h3-7,9,12,15H,8,10-11H2,1-2H3,(H,19,20). The van der Waals surface area contributed by atoms with Crippen LogP contribution in [0.15, 0.2) is 41.5 Å². The van der Waals surface area contributed by atoms with E-state index in [9.17, 15) is 0 Å². The van der Waals surface area contributed by atoms with Gasteiger partial charge in [-0.3, -0.25) is 9.98 Å². The van der Waals surface area contributed by atoms with Crippen molar-refractivity contribution in [3.8, 4) is 0 Å². The molecule has 1 aliphatic rings. The van der Waals surface area contributed by atoms with E-state index in [0.29, 0.717) is 18.5 Å². The summed E-state index contributed by atoms with van der Waals surface area (Å²) in [5, 5.41) is 5.82. The number of aromatic nitrogens is 1. The highest BCUT2D eigenvalue weighted by atomic mass is 32.2. The third-order valence-corrected chi connectivity index (χ3v) is 4.85. The quantitative estimate of drug-likeness (QED) is 0.935. The zero-order valence-corrected chi connectivity index (χ0v) is 13.4. The van der Waals surface area contributed by atoms with Crippen LogP contribution in [0.4, 0.5) is 0 Å². The molecule has 1 saturated heterocycles. The Morgan fingerprint density at radius 2 is 2.19 bits per heavy atom. The zero-order valence-electron chi connectivity index (χ0n) is 12.5. The molecule has 0 saturated carbocycles. The molecule has 0 aliphatic carbocycles. The van der Waals surface area contributed by atoms with Crippen LogP contribution in [-0.2, 0) is 6.54 Å². The van der Waals surface area contributed by atoms with E-state index in [1.54, 1.807) is 0 Å². The molecule has 0 bridgehead atoms. The average molecular weight is 299 g/mol. The Morgan fingerprint density at radius 3 is 3.05 bits per heavy atom. The van der Waals surface area contributed by atoms with E-state index in [1.165, 1.54) is 17.4 Å². The first-order valence-corrected chi connectivity index (χ1v) is 8.49. The van der Waals surface area contributed by atoms with E-state index in [4.69, 9.17) is 4.99 Å². The van der Waals surface area contributed by atoms with Crippen LogP contribution in [0.5, 0.6) is 0 Å². The minimum atomic E-state index is 0.552. The molecule has 0 amide bonds. The fourth-order valence-corrected chi connectivity index (χ4v) is 3.55. The lowest BCUT2D eigenvalue weighted by atomic mass is 10.0. The minimum Gasteiger partial charge on any atom is -0.362 e. The van der Waals surface area contributed by atoms with Crippen molar-refractivity contribution in [1.82, 2.24) is 10.3 Å². The Labute approximate surface area is 130 Å². The predicted octanol–water partition coefficient (Wildman–Crippen LogP) is 3.84. The molecular weight excluding hydrogens is 278 g/mol. The van der Waals surface area contributed by atoms with Gasteiger partial charge in [-0.15, -0.1) is 0 Å². The molecule has 1 aromatic carbocycles. The summed E-state index contributed by atoms with van der Waals surface area (Å²) in [6.07, 6.45) is 3.07. The molecule has 3 nitrogen and oxygen atoms in total. The molecular formula is C17H21N3S. The number of benzene rings is 1. The number of hydrogen-bond donors (Lipinski definition) is 1. The third kappa shape index (κ3) is 3.38. The fourth-order valence-electron chi connectivity index (χ4n) is 2.60. The van der Waals surface area contributed by atoms with Crippen molar-refractivity contribution in [1.29, 1.82) is 0 Å². The van der Waals surface area contributed by atoms with Crippen LogP contribution < -0.4 is 5.32 Å². The lowest BCUT2D eigenvalue weighted by Gasteiger charge is -2.28. The number of pyridine rings is 1. The monoisotopic (exact) mass is 299 g/mol. The van der Waals surface area contributed by atoms with Gasteiger partial charge in [0.1, 0.15) is 0 Å². The maximum Gasteiger partial charge on any atom is 0.157 e. The summed E-state index contributed by atoms with van der Waals surface area (Å²) < 4.78 is 0. The van der Waals surface area contributed by atoms with Crippen LogP contribution in [0, 0.1) is 5.92 Å². The largest absolute Gasteiger partial charge is 0.362 e. The third-order valence-electron chi connectivity index (χ3n) is 3.89. The van der Waals surface area contributed by atoms with E-state index < -0.39 is 0 Å². The van der Waals surface area contributed by atoms with Crippen LogP contribution >= 0.6 is 11.8 Å². The first kappa shape index (κ1) is 14.4. The Bertz CT molecular complexity index is 646. The Morgan fingerprint density at radius 1 is 1.33 bits per heavy atom. The van der Waals surface area contributed by atoms with Crippen molar-refractivity contribution < 1.29 is 0 Å². The summed E-state index contributed by atoms with van der Waals surface area (Å²) in [5.74, 6) is 1.80. The summed E-state index contributed by atoms with van der Waals surface area (Å²) in [6, 6.07) is 10.9. The van der Waals surface area contributed by atoms with Gasteiger partial charge >= 0.3 is 0 Å². The molecule has 2 aromatic rings. The number of rotatable bonds is 3. The molecule has 110 valence electrons. The van der Waals surface area contributed by atoms with Crippen molar-refractivity contribution in [2.24, 2.45) is 10.9 Å². The van der Waals surface area contributed by atoms with Crippen molar-refractivity contribution >= 4 is 27.8 Å². The lowest BCUT2D eigenvalue weighted by Crippen LogP contribution is -2.41. The number of nitrogens with zero attached hydrogens (tertiary/aromatic N) is 2. The van der Waals surface area contributed by atoms with Crippen molar-refractivity contribution in [2.45, 2.75) is 32.9 Å². The summed E-state index contributed by atoms with van der Waals surface area (Å²) in [5.41, 5.74) is 2.25. The molecule has 1 fully saturated rings. The van der Waals surface area contributed by atoms with E-state index in [2.05, 4.69) is 48.4 Å². The number of thioether (sulfide) groups is 1. The summed E-state index contributed by atoms with van der Waals surface area (Å²) in [6.45, 7) is 5.22. The maximum atomic E-state index is 4.76. The van der Waals surface area contributed by atoms with E-state index in [-0.39, 0.29) is 0 Å². The zero-order chi connectivity index (χ0) is 14.7.